The molecule has 118 valence electrons. The van der Waals surface area contributed by atoms with Crippen LogP contribution in [-0.4, -0.2) is 19.0 Å². The van der Waals surface area contributed by atoms with Crippen LogP contribution in [0.5, 0.6) is 0 Å². The highest BCUT2D eigenvalue weighted by molar-refractivity contribution is 5.97. The summed E-state index contributed by atoms with van der Waals surface area (Å²) in [4.78, 5) is 14.6. The van der Waals surface area contributed by atoms with Crippen molar-refractivity contribution in [3.8, 4) is 6.07 Å². The van der Waals surface area contributed by atoms with Crippen molar-refractivity contribution in [1.29, 1.82) is 5.26 Å². The number of carbonyl (C=O) groups excluding carboxylic acids is 1. The first-order chi connectivity index (χ1) is 11.2. The summed E-state index contributed by atoms with van der Waals surface area (Å²) in [5, 5.41) is 12.1. The lowest BCUT2D eigenvalue weighted by atomic mass is 10.00. The van der Waals surface area contributed by atoms with E-state index in [1.807, 2.05) is 42.5 Å². The molecule has 0 saturated carbocycles. The fraction of sp³-hybridized carbons (Fsp3) is 0.263. The molecule has 4 nitrogen and oxygen atoms in total. The van der Waals surface area contributed by atoms with Crippen LogP contribution >= 0.6 is 0 Å². The topological polar surface area (TPSA) is 56.1 Å². The van der Waals surface area contributed by atoms with Gasteiger partial charge in [-0.05, 0) is 43.7 Å². The van der Waals surface area contributed by atoms with E-state index in [2.05, 4.69) is 30.1 Å². The molecule has 0 fully saturated rings. The summed E-state index contributed by atoms with van der Waals surface area (Å²) in [7, 11) is 0. The molecule has 2 aromatic rings. The Kier molecular flexibility index (Phi) is 5.76. The van der Waals surface area contributed by atoms with Crippen molar-refractivity contribution in [1.82, 2.24) is 0 Å². The first-order valence-corrected chi connectivity index (χ1v) is 7.80. The molecule has 1 N–H and O–H groups in total. The maximum atomic E-state index is 12.3. The molecule has 23 heavy (non-hydrogen) atoms. The molecule has 0 heterocycles. The van der Waals surface area contributed by atoms with E-state index >= 15 is 0 Å². The average molecular weight is 307 g/mol. The van der Waals surface area contributed by atoms with Gasteiger partial charge in [0.2, 0.25) is 5.91 Å². The Morgan fingerprint density at radius 1 is 1.09 bits per heavy atom. The highest BCUT2D eigenvalue weighted by atomic mass is 16.1. The van der Waals surface area contributed by atoms with E-state index in [0.717, 1.165) is 18.8 Å². The molecule has 2 rings (SSSR count). The van der Waals surface area contributed by atoms with E-state index in [1.165, 1.54) is 0 Å². The minimum Gasteiger partial charge on any atom is -0.372 e. The van der Waals surface area contributed by atoms with Gasteiger partial charge in [-0.15, -0.1) is 0 Å². The fourth-order valence-corrected chi connectivity index (χ4v) is 2.49. The largest absolute Gasteiger partial charge is 0.372 e. The van der Waals surface area contributed by atoms with Crippen LogP contribution in [0.2, 0.25) is 0 Å². The zero-order valence-electron chi connectivity index (χ0n) is 13.5. The lowest BCUT2D eigenvalue weighted by Crippen LogP contribution is -2.22. The first-order valence-electron chi connectivity index (χ1n) is 7.80. The van der Waals surface area contributed by atoms with Crippen molar-refractivity contribution >= 4 is 17.3 Å². The third kappa shape index (κ3) is 4.10. The van der Waals surface area contributed by atoms with Gasteiger partial charge in [-0.25, -0.2) is 0 Å². The van der Waals surface area contributed by atoms with Crippen molar-refractivity contribution < 1.29 is 4.79 Å². The second kappa shape index (κ2) is 8.00. The predicted octanol–water partition coefficient (Wildman–Crippen LogP) is 3.78. The Morgan fingerprint density at radius 2 is 1.70 bits per heavy atom. The fourth-order valence-electron chi connectivity index (χ4n) is 2.49. The lowest BCUT2D eigenvalue weighted by Gasteiger charge is -2.21. The van der Waals surface area contributed by atoms with Crippen molar-refractivity contribution in [3.63, 3.8) is 0 Å². The van der Waals surface area contributed by atoms with Gasteiger partial charge in [0.05, 0.1) is 6.07 Å². The Hall–Kier alpha value is -2.80. The number of nitrogens with zero attached hydrogens (tertiary/aromatic N) is 2. The van der Waals surface area contributed by atoms with Crippen LogP contribution in [0.1, 0.15) is 25.3 Å². The minimum atomic E-state index is -0.807. The molecule has 1 amide bonds. The van der Waals surface area contributed by atoms with Crippen molar-refractivity contribution in [2.24, 2.45) is 0 Å². The normalized spacial score (nSPS) is 11.3. The Balaban J connectivity index is 2.09. The van der Waals surface area contributed by atoms with Crippen molar-refractivity contribution in [2.45, 2.75) is 19.8 Å². The van der Waals surface area contributed by atoms with Crippen LogP contribution in [0.15, 0.2) is 54.6 Å². The van der Waals surface area contributed by atoms with Gasteiger partial charge < -0.3 is 10.2 Å². The zero-order valence-corrected chi connectivity index (χ0v) is 13.5. The molecule has 0 spiro atoms. The molecular formula is C19H21N3O. The summed E-state index contributed by atoms with van der Waals surface area (Å²) in [6, 6.07) is 18.8. The molecule has 1 atom stereocenters. The standard InChI is InChI=1S/C19H21N3O/c1-3-22(4-2)17-12-10-16(11-13-17)21-19(23)18(14-20)15-8-6-5-7-9-15/h5-13,18H,3-4H2,1-2H3,(H,21,23). The molecule has 0 aliphatic rings. The van der Waals surface area contributed by atoms with Gasteiger partial charge in [-0.1, -0.05) is 30.3 Å². The Bertz CT molecular complexity index is 670. The van der Waals surface area contributed by atoms with E-state index in [9.17, 15) is 10.1 Å². The number of rotatable bonds is 6. The summed E-state index contributed by atoms with van der Waals surface area (Å²) in [6.07, 6.45) is 0. The van der Waals surface area contributed by atoms with Gasteiger partial charge in [0, 0.05) is 24.5 Å². The van der Waals surface area contributed by atoms with Crippen LogP contribution in [0.4, 0.5) is 11.4 Å². The van der Waals surface area contributed by atoms with E-state index in [-0.39, 0.29) is 5.91 Å². The van der Waals surface area contributed by atoms with Gasteiger partial charge >= 0.3 is 0 Å². The van der Waals surface area contributed by atoms with Gasteiger partial charge in [0.25, 0.3) is 0 Å². The summed E-state index contributed by atoms with van der Waals surface area (Å²) in [6.45, 7) is 6.09. The van der Waals surface area contributed by atoms with Gasteiger partial charge in [0.15, 0.2) is 5.92 Å². The molecule has 0 aromatic heterocycles. The van der Waals surface area contributed by atoms with Crippen LogP contribution in [-0.2, 0) is 4.79 Å². The van der Waals surface area contributed by atoms with E-state index < -0.39 is 5.92 Å². The number of anilines is 2. The van der Waals surface area contributed by atoms with Crippen molar-refractivity contribution in [3.05, 3.63) is 60.2 Å². The summed E-state index contributed by atoms with van der Waals surface area (Å²) >= 11 is 0. The number of hydrogen-bond acceptors (Lipinski definition) is 3. The monoisotopic (exact) mass is 307 g/mol. The molecule has 0 aliphatic heterocycles. The molecule has 2 aromatic carbocycles. The second-order valence-electron chi connectivity index (χ2n) is 5.18. The lowest BCUT2D eigenvalue weighted by molar-refractivity contribution is -0.116. The van der Waals surface area contributed by atoms with Crippen LogP contribution in [0.25, 0.3) is 0 Å². The molecule has 4 heteroatoms. The molecule has 0 saturated heterocycles. The smallest absolute Gasteiger partial charge is 0.246 e. The number of nitrogens with one attached hydrogen (secondary N) is 1. The number of carbonyl (C=O) groups is 1. The molecule has 1 unspecified atom stereocenters. The average Bonchev–Trinajstić information content (AvgIpc) is 2.59. The van der Waals surface area contributed by atoms with E-state index in [4.69, 9.17) is 0 Å². The summed E-state index contributed by atoms with van der Waals surface area (Å²) < 4.78 is 0. The molecule has 0 bridgehead atoms. The highest BCUT2D eigenvalue weighted by Gasteiger charge is 2.19. The van der Waals surface area contributed by atoms with Gasteiger partial charge in [-0.2, -0.15) is 5.26 Å². The van der Waals surface area contributed by atoms with Crippen molar-refractivity contribution in [2.75, 3.05) is 23.3 Å². The highest BCUT2D eigenvalue weighted by Crippen LogP contribution is 2.20. The third-order valence-electron chi connectivity index (χ3n) is 3.79. The van der Waals surface area contributed by atoms with E-state index in [0.29, 0.717) is 11.3 Å². The van der Waals surface area contributed by atoms with Gasteiger partial charge in [0.1, 0.15) is 0 Å². The minimum absolute atomic E-state index is 0.311. The SMILES string of the molecule is CCN(CC)c1ccc(NC(=O)C(C#N)c2ccccc2)cc1. The first kappa shape index (κ1) is 16.6. The number of hydrogen-bond donors (Lipinski definition) is 1. The van der Waals surface area contributed by atoms with Crippen LogP contribution in [0.3, 0.4) is 0 Å². The van der Waals surface area contributed by atoms with Gasteiger partial charge in [-0.3, -0.25) is 4.79 Å². The second-order valence-corrected chi connectivity index (χ2v) is 5.18. The molecule has 0 radical (unpaired) electrons. The zero-order chi connectivity index (χ0) is 16.7. The molecular weight excluding hydrogens is 286 g/mol. The predicted molar refractivity (Wildman–Crippen MR) is 93.4 cm³/mol. The number of benzene rings is 2. The van der Waals surface area contributed by atoms with Crippen LogP contribution in [0, 0.1) is 11.3 Å². The maximum Gasteiger partial charge on any atom is 0.246 e. The summed E-state index contributed by atoms with van der Waals surface area (Å²) in [5.74, 6) is -1.12. The Labute approximate surface area is 137 Å². The van der Waals surface area contributed by atoms with E-state index in [1.54, 1.807) is 12.1 Å². The number of amides is 1. The maximum absolute atomic E-state index is 12.3. The third-order valence-corrected chi connectivity index (χ3v) is 3.79. The Morgan fingerprint density at radius 3 is 2.22 bits per heavy atom. The van der Waals surface area contributed by atoms with Crippen LogP contribution < -0.4 is 10.2 Å². The quantitative estimate of drug-likeness (QED) is 0.883. The summed E-state index contributed by atoms with van der Waals surface area (Å²) in [5.41, 5.74) is 2.52. The molecule has 0 aliphatic carbocycles. The number of nitriles is 1.